The van der Waals surface area contributed by atoms with E-state index in [0.717, 1.165) is 10.6 Å². The van der Waals surface area contributed by atoms with Crippen molar-refractivity contribution < 1.29 is 32.2 Å². The molecule has 0 saturated carbocycles. The molecule has 0 spiro atoms. The van der Waals surface area contributed by atoms with Crippen LogP contribution in [0.25, 0.3) is 11.1 Å². The first-order valence-corrected chi connectivity index (χ1v) is 11.6. The van der Waals surface area contributed by atoms with E-state index in [2.05, 4.69) is 15.1 Å². The van der Waals surface area contributed by atoms with Crippen LogP contribution in [-0.2, 0) is 4.79 Å². The second-order valence-electron chi connectivity index (χ2n) is 8.12. The van der Waals surface area contributed by atoms with Gasteiger partial charge in [-0.05, 0) is 43.3 Å². The molecule has 1 N–H and O–H groups in total. The number of benzene rings is 2. The van der Waals surface area contributed by atoms with Gasteiger partial charge in [-0.3, -0.25) is 9.80 Å². The smallest absolute Gasteiger partial charge is 0.431 e. The lowest BCUT2D eigenvalue weighted by molar-refractivity contribution is -0.137. The van der Waals surface area contributed by atoms with Gasteiger partial charge in [0, 0.05) is 29.4 Å². The molecule has 11 heteroatoms. The summed E-state index contributed by atoms with van der Waals surface area (Å²) in [6.07, 6.45) is -2.34. The molecule has 1 aromatic heterocycles. The van der Waals surface area contributed by atoms with Gasteiger partial charge in [-0.1, -0.05) is 32.4 Å². The topological polar surface area (TPSA) is 87.9 Å². The summed E-state index contributed by atoms with van der Waals surface area (Å²) in [7, 11) is 0. The number of ether oxygens (including phenoxy) is 1. The molecular formula is C26H26F4N4O3. The lowest BCUT2D eigenvalue weighted by atomic mass is 9.94. The van der Waals surface area contributed by atoms with E-state index >= 15 is 0 Å². The van der Waals surface area contributed by atoms with E-state index in [4.69, 9.17) is 9.84 Å². The third kappa shape index (κ3) is 6.41. The van der Waals surface area contributed by atoms with Crippen LogP contribution in [0.2, 0.25) is 0 Å². The predicted molar refractivity (Wildman–Crippen MR) is 131 cm³/mol. The summed E-state index contributed by atoms with van der Waals surface area (Å²) >= 11 is 0. The second kappa shape index (κ2) is 11.4. The number of hydrogen-bond acceptors (Lipinski definition) is 6. The third-order valence-electron chi connectivity index (χ3n) is 5.58. The van der Waals surface area contributed by atoms with Gasteiger partial charge in [0.05, 0.1) is 18.2 Å². The number of hydrazone groups is 1. The molecule has 3 aromatic rings. The Bertz CT molecular complexity index is 1260. The van der Waals surface area contributed by atoms with Gasteiger partial charge in [0.25, 0.3) is 0 Å². The van der Waals surface area contributed by atoms with Crippen LogP contribution in [0.4, 0.5) is 23.2 Å². The molecule has 1 unspecified atom stereocenters. The number of aryl methyl sites for hydroxylation is 1. The van der Waals surface area contributed by atoms with Gasteiger partial charge in [0.15, 0.2) is 0 Å². The van der Waals surface area contributed by atoms with Crippen LogP contribution in [0.15, 0.2) is 60.0 Å². The molecule has 0 amide bonds. The second-order valence-corrected chi connectivity index (χ2v) is 8.12. The number of halogens is 4. The van der Waals surface area contributed by atoms with Crippen molar-refractivity contribution in [1.82, 2.24) is 9.97 Å². The highest BCUT2D eigenvalue weighted by atomic mass is 19.4. The van der Waals surface area contributed by atoms with Gasteiger partial charge < -0.3 is 9.84 Å². The van der Waals surface area contributed by atoms with Crippen LogP contribution in [-0.4, -0.2) is 39.0 Å². The van der Waals surface area contributed by atoms with Crippen molar-refractivity contribution in [3.05, 3.63) is 66.2 Å². The van der Waals surface area contributed by atoms with Crippen molar-refractivity contribution in [1.29, 1.82) is 0 Å². The largest absolute Gasteiger partial charge is 0.481 e. The Morgan fingerprint density at radius 3 is 2.27 bits per heavy atom. The fourth-order valence-corrected chi connectivity index (χ4v) is 3.82. The molecule has 0 aliphatic carbocycles. The number of carboxylic acids is 1. The van der Waals surface area contributed by atoms with Crippen LogP contribution < -0.4 is 9.75 Å². The van der Waals surface area contributed by atoms with Gasteiger partial charge in [0.2, 0.25) is 0 Å². The molecule has 7 nitrogen and oxygen atoms in total. The third-order valence-corrected chi connectivity index (χ3v) is 5.58. The highest BCUT2D eigenvalue weighted by Crippen LogP contribution is 2.37. The number of anilines is 1. The molecule has 0 fully saturated rings. The normalized spacial score (nSPS) is 17.1. The van der Waals surface area contributed by atoms with Gasteiger partial charge in [-0.15, -0.1) is 0 Å². The Balaban J connectivity index is 0.00000186. The van der Waals surface area contributed by atoms with Crippen LogP contribution in [0, 0.1) is 18.7 Å². The van der Waals surface area contributed by atoms with Gasteiger partial charge in [0.1, 0.15) is 17.3 Å². The summed E-state index contributed by atoms with van der Waals surface area (Å²) < 4.78 is 59.7. The Hall–Kier alpha value is -4.02. The lowest BCUT2D eigenvalue weighted by Crippen LogP contribution is -2.36. The maximum absolute atomic E-state index is 14.1. The van der Waals surface area contributed by atoms with Crippen molar-refractivity contribution in [2.45, 2.75) is 46.3 Å². The van der Waals surface area contributed by atoms with E-state index in [9.17, 15) is 22.4 Å². The van der Waals surface area contributed by atoms with Crippen LogP contribution in [0.1, 0.15) is 32.8 Å². The van der Waals surface area contributed by atoms with E-state index in [-0.39, 0.29) is 11.7 Å². The van der Waals surface area contributed by atoms with E-state index in [0.29, 0.717) is 16.9 Å². The number of nitrogens with zero attached hydrogens (tertiary/aromatic N) is 4. The first kappa shape index (κ1) is 27.6. The molecule has 1 aliphatic rings. The average Bonchev–Trinajstić information content (AvgIpc) is 3.19. The fraction of sp³-hybridized carbons (Fsp3) is 0.308. The van der Waals surface area contributed by atoms with Gasteiger partial charge in [-0.25, -0.2) is 14.4 Å². The molecule has 0 bridgehead atoms. The number of carboxylic acid groups (broad SMARTS) is 1. The molecule has 2 heterocycles. The molecule has 1 aliphatic heterocycles. The quantitative estimate of drug-likeness (QED) is 0.369. The molecule has 2 atom stereocenters. The minimum Gasteiger partial charge on any atom is -0.481 e. The van der Waals surface area contributed by atoms with Crippen LogP contribution >= 0.6 is 0 Å². The van der Waals surface area contributed by atoms with Crippen LogP contribution in [0.5, 0.6) is 11.8 Å². The summed E-state index contributed by atoms with van der Waals surface area (Å²) in [5.41, 5.74) is 0.963. The monoisotopic (exact) mass is 518 g/mol. The summed E-state index contributed by atoms with van der Waals surface area (Å²) in [6, 6.07) is 9.60. The highest BCUT2D eigenvalue weighted by Gasteiger charge is 2.48. The van der Waals surface area contributed by atoms with E-state index in [1.54, 1.807) is 12.1 Å². The standard InChI is InChI=1S/C24H20F4N4O3.C2H6/c1-13-3-8-19(25)18(9-13)15-11-29-23(30-12-15)35-17-6-4-16(5-7-17)32-20(10-21(33)34)14(2)22(31-32)24(26,27)28;1-2/h3-9,11-12,14,20H,10H2,1-2H3,(H,33,34);1-2H3/t14?,20-;/m0./s1. The average molecular weight is 519 g/mol. The Labute approximate surface area is 211 Å². The van der Waals surface area contributed by atoms with Crippen molar-refractivity contribution in [3.8, 4) is 22.9 Å². The van der Waals surface area contributed by atoms with E-state index in [1.807, 2.05) is 20.8 Å². The number of aliphatic carboxylic acids is 1. The van der Waals surface area contributed by atoms with Crippen molar-refractivity contribution in [2.75, 3.05) is 5.01 Å². The molecule has 0 saturated heterocycles. The highest BCUT2D eigenvalue weighted by molar-refractivity contribution is 5.96. The number of hydrogen-bond donors (Lipinski definition) is 1. The zero-order chi connectivity index (χ0) is 27.3. The zero-order valence-electron chi connectivity index (χ0n) is 20.6. The molecule has 37 heavy (non-hydrogen) atoms. The summed E-state index contributed by atoms with van der Waals surface area (Å²) in [4.78, 5) is 19.4. The number of rotatable bonds is 6. The Kier molecular flexibility index (Phi) is 8.46. The molecule has 2 aromatic carbocycles. The van der Waals surface area contributed by atoms with Crippen molar-refractivity contribution in [2.24, 2.45) is 11.0 Å². The maximum Gasteiger partial charge on any atom is 0.431 e. The minimum atomic E-state index is -4.67. The summed E-state index contributed by atoms with van der Waals surface area (Å²) in [5.74, 6) is -2.45. The van der Waals surface area contributed by atoms with Crippen LogP contribution in [0.3, 0.4) is 0 Å². The lowest BCUT2D eigenvalue weighted by Gasteiger charge is -2.25. The number of aromatic nitrogens is 2. The van der Waals surface area contributed by atoms with Crippen molar-refractivity contribution in [3.63, 3.8) is 0 Å². The molecule has 196 valence electrons. The minimum absolute atomic E-state index is 0.00881. The SMILES string of the molecule is CC.Cc1ccc(F)c(-c2cnc(Oc3ccc(N4N=C(C(F)(F)F)C(C)[C@@H]4CC(=O)O)cc3)nc2)c1. The number of carbonyl (C=O) groups is 1. The number of alkyl halides is 3. The molecule has 4 rings (SSSR count). The van der Waals surface area contributed by atoms with Gasteiger partial charge in [-0.2, -0.15) is 18.3 Å². The first-order valence-electron chi connectivity index (χ1n) is 11.6. The van der Waals surface area contributed by atoms with Gasteiger partial charge >= 0.3 is 18.2 Å². The Morgan fingerprint density at radius 2 is 1.70 bits per heavy atom. The Morgan fingerprint density at radius 1 is 1.08 bits per heavy atom. The van der Waals surface area contributed by atoms with Crippen molar-refractivity contribution >= 4 is 17.4 Å². The molecular weight excluding hydrogens is 492 g/mol. The van der Waals surface area contributed by atoms with E-state index < -0.39 is 42.1 Å². The summed E-state index contributed by atoms with van der Waals surface area (Å²) in [6.45, 7) is 7.15. The zero-order valence-corrected chi connectivity index (χ0v) is 20.6. The molecule has 0 radical (unpaired) electrons. The summed E-state index contributed by atoms with van der Waals surface area (Å²) in [5, 5.41) is 13.9. The van der Waals surface area contributed by atoms with E-state index in [1.165, 1.54) is 49.6 Å². The fourth-order valence-electron chi connectivity index (χ4n) is 3.82. The predicted octanol–water partition coefficient (Wildman–Crippen LogP) is 6.63. The first-order chi connectivity index (χ1) is 17.5. The maximum atomic E-state index is 14.1.